The fourth-order valence-electron chi connectivity index (χ4n) is 2.53. The van der Waals surface area contributed by atoms with Gasteiger partial charge in [0.15, 0.2) is 0 Å². The number of nitrogens with zero attached hydrogens (tertiary/aromatic N) is 1. The number of hydrogen-bond donors (Lipinski definition) is 2. The van der Waals surface area contributed by atoms with Crippen LogP contribution in [0.5, 0.6) is 0 Å². The average Bonchev–Trinajstić information content (AvgIpc) is 2.79. The zero-order chi connectivity index (χ0) is 13.5. The average molecular weight is 256 g/mol. The lowest BCUT2D eigenvalue weighted by Crippen LogP contribution is -2.39. The Morgan fingerprint density at radius 3 is 2.72 bits per heavy atom. The zero-order valence-electron chi connectivity index (χ0n) is 11.3. The van der Waals surface area contributed by atoms with Crippen LogP contribution in [0, 0.1) is 5.92 Å². The zero-order valence-corrected chi connectivity index (χ0v) is 11.3. The smallest absolute Gasteiger partial charge is 0.305 e. The van der Waals surface area contributed by atoms with Gasteiger partial charge < -0.3 is 15.3 Å². The first-order valence-electron chi connectivity index (χ1n) is 6.76. The molecule has 2 N–H and O–H groups in total. The highest BCUT2D eigenvalue weighted by atomic mass is 16.4. The summed E-state index contributed by atoms with van der Waals surface area (Å²) in [5, 5.41) is 12.1. The van der Waals surface area contributed by atoms with E-state index in [9.17, 15) is 9.59 Å². The minimum Gasteiger partial charge on any atom is -0.481 e. The van der Waals surface area contributed by atoms with Gasteiger partial charge in [-0.15, -0.1) is 0 Å². The predicted octanol–water partition coefficient (Wildman–Crippen LogP) is 1.09. The summed E-state index contributed by atoms with van der Waals surface area (Å²) in [6.07, 6.45) is 2.60. The molecule has 5 nitrogen and oxygen atoms in total. The molecule has 0 aromatic rings. The van der Waals surface area contributed by atoms with E-state index >= 15 is 0 Å². The van der Waals surface area contributed by atoms with Gasteiger partial charge in [0.1, 0.15) is 0 Å². The van der Waals surface area contributed by atoms with Crippen molar-refractivity contribution >= 4 is 11.9 Å². The summed E-state index contributed by atoms with van der Waals surface area (Å²) in [6.45, 7) is 6.33. The predicted molar refractivity (Wildman–Crippen MR) is 69.3 cm³/mol. The highest BCUT2D eigenvalue weighted by molar-refractivity contribution is 5.77. The summed E-state index contributed by atoms with van der Waals surface area (Å²) in [5.74, 6) is -0.172. The molecule has 1 fully saturated rings. The monoisotopic (exact) mass is 256 g/mol. The molecular weight excluding hydrogens is 232 g/mol. The van der Waals surface area contributed by atoms with Crippen molar-refractivity contribution < 1.29 is 14.7 Å². The van der Waals surface area contributed by atoms with Crippen LogP contribution >= 0.6 is 0 Å². The lowest BCUT2D eigenvalue weighted by molar-refractivity contribution is -0.140. The van der Waals surface area contributed by atoms with Crippen molar-refractivity contribution in [2.45, 2.75) is 45.6 Å². The molecule has 0 saturated carbocycles. The third-order valence-corrected chi connectivity index (χ3v) is 3.59. The van der Waals surface area contributed by atoms with Gasteiger partial charge in [0.05, 0.1) is 6.42 Å². The summed E-state index contributed by atoms with van der Waals surface area (Å²) in [7, 11) is 0. The maximum Gasteiger partial charge on any atom is 0.305 e. The first kappa shape index (κ1) is 15.0. The van der Waals surface area contributed by atoms with Gasteiger partial charge in [-0.05, 0) is 45.7 Å². The largest absolute Gasteiger partial charge is 0.481 e. The number of aliphatic carboxylic acids is 1. The Bertz CT molecular complexity index is 288. The highest BCUT2D eigenvalue weighted by Crippen LogP contribution is 2.16. The van der Waals surface area contributed by atoms with Crippen LogP contribution in [-0.4, -0.2) is 47.6 Å². The van der Waals surface area contributed by atoms with Crippen molar-refractivity contribution in [2.24, 2.45) is 5.92 Å². The van der Waals surface area contributed by atoms with E-state index in [4.69, 9.17) is 5.11 Å². The molecule has 0 spiro atoms. The molecule has 0 aromatic heterocycles. The summed E-state index contributed by atoms with van der Waals surface area (Å²) in [6, 6.07) is -0.221. The first-order valence-corrected chi connectivity index (χ1v) is 6.76. The van der Waals surface area contributed by atoms with E-state index in [2.05, 4.69) is 5.32 Å². The summed E-state index contributed by atoms with van der Waals surface area (Å²) in [4.78, 5) is 24.4. The van der Waals surface area contributed by atoms with Crippen LogP contribution in [0.3, 0.4) is 0 Å². The van der Waals surface area contributed by atoms with Gasteiger partial charge >= 0.3 is 5.97 Å². The number of carbonyl (C=O) groups excluding carboxylic acids is 1. The van der Waals surface area contributed by atoms with Crippen molar-refractivity contribution in [3.8, 4) is 0 Å². The number of carboxylic acids is 1. The Morgan fingerprint density at radius 1 is 1.50 bits per heavy atom. The molecule has 0 aromatic carbocycles. The highest BCUT2D eigenvalue weighted by Gasteiger charge is 2.22. The summed E-state index contributed by atoms with van der Waals surface area (Å²) in [5.41, 5.74) is 0. The van der Waals surface area contributed by atoms with Crippen molar-refractivity contribution in [1.82, 2.24) is 10.2 Å². The molecule has 0 aliphatic carbocycles. The van der Waals surface area contributed by atoms with E-state index < -0.39 is 5.97 Å². The van der Waals surface area contributed by atoms with Gasteiger partial charge in [-0.25, -0.2) is 0 Å². The Morgan fingerprint density at radius 2 is 2.22 bits per heavy atom. The van der Waals surface area contributed by atoms with Gasteiger partial charge in [-0.1, -0.05) is 0 Å². The normalized spacial score (nSPS) is 20.7. The van der Waals surface area contributed by atoms with Crippen LogP contribution in [0.15, 0.2) is 0 Å². The van der Waals surface area contributed by atoms with E-state index in [1.807, 2.05) is 6.92 Å². The minimum atomic E-state index is -0.853. The molecule has 104 valence electrons. The minimum absolute atomic E-state index is 0.0184. The number of nitrogens with one attached hydrogen (secondary N) is 1. The maximum absolute atomic E-state index is 12.1. The molecule has 18 heavy (non-hydrogen) atoms. The molecule has 2 unspecified atom stereocenters. The van der Waals surface area contributed by atoms with Gasteiger partial charge in [0, 0.05) is 19.0 Å². The van der Waals surface area contributed by atoms with E-state index in [1.165, 1.54) is 0 Å². The molecule has 2 atom stereocenters. The second-order valence-electron chi connectivity index (χ2n) is 5.02. The van der Waals surface area contributed by atoms with Crippen molar-refractivity contribution in [2.75, 3.05) is 19.6 Å². The molecule has 1 amide bonds. The van der Waals surface area contributed by atoms with Crippen LogP contribution in [0.1, 0.15) is 39.5 Å². The van der Waals surface area contributed by atoms with Gasteiger partial charge in [-0.2, -0.15) is 0 Å². The molecule has 5 heteroatoms. The number of carboxylic acid groups (broad SMARTS) is 1. The molecule has 1 aliphatic rings. The molecule has 1 heterocycles. The standard InChI is InChI=1S/C13H24N2O3/c1-3-15(10(2)8-13(17)18)12(16)5-4-11-6-7-14-9-11/h10-11,14H,3-9H2,1-2H3,(H,17,18). The summed E-state index contributed by atoms with van der Waals surface area (Å²) < 4.78 is 0. The molecule has 1 rings (SSSR count). The Balaban J connectivity index is 2.37. The number of amides is 1. The Kier molecular flexibility index (Phi) is 6.12. The molecule has 1 saturated heterocycles. The van der Waals surface area contributed by atoms with Crippen LogP contribution in [0.2, 0.25) is 0 Å². The quantitative estimate of drug-likeness (QED) is 0.715. The van der Waals surface area contributed by atoms with Crippen LogP contribution < -0.4 is 5.32 Å². The van der Waals surface area contributed by atoms with Crippen LogP contribution in [-0.2, 0) is 9.59 Å². The summed E-state index contributed by atoms with van der Waals surface area (Å²) >= 11 is 0. The van der Waals surface area contributed by atoms with Crippen molar-refractivity contribution in [1.29, 1.82) is 0 Å². The molecular formula is C13H24N2O3. The van der Waals surface area contributed by atoms with Gasteiger partial charge in [-0.3, -0.25) is 9.59 Å². The number of rotatable bonds is 7. The second kappa shape index (κ2) is 7.36. The fraction of sp³-hybridized carbons (Fsp3) is 0.846. The lowest BCUT2D eigenvalue weighted by atomic mass is 10.0. The van der Waals surface area contributed by atoms with Crippen molar-refractivity contribution in [3.63, 3.8) is 0 Å². The lowest BCUT2D eigenvalue weighted by Gasteiger charge is -2.27. The number of carbonyl (C=O) groups is 2. The van der Waals surface area contributed by atoms with Crippen LogP contribution in [0.25, 0.3) is 0 Å². The third kappa shape index (κ3) is 4.64. The number of hydrogen-bond acceptors (Lipinski definition) is 3. The Labute approximate surface area is 109 Å². The molecule has 1 aliphatic heterocycles. The van der Waals surface area contributed by atoms with Crippen LogP contribution in [0.4, 0.5) is 0 Å². The van der Waals surface area contributed by atoms with Gasteiger partial charge in [0.25, 0.3) is 0 Å². The SMILES string of the molecule is CCN(C(=O)CCC1CCNC1)C(C)CC(=O)O. The Hall–Kier alpha value is -1.10. The fourth-order valence-corrected chi connectivity index (χ4v) is 2.53. The van der Waals surface area contributed by atoms with E-state index in [0.29, 0.717) is 18.9 Å². The van der Waals surface area contributed by atoms with Gasteiger partial charge in [0.2, 0.25) is 5.91 Å². The van der Waals surface area contributed by atoms with E-state index in [-0.39, 0.29) is 18.4 Å². The van der Waals surface area contributed by atoms with Crippen molar-refractivity contribution in [3.05, 3.63) is 0 Å². The molecule has 0 bridgehead atoms. The first-order chi connectivity index (χ1) is 8.54. The topological polar surface area (TPSA) is 69.6 Å². The third-order valence-electron chi connectivity index (χ3n) is 3.59. The van der Waals surface area contributed by atoms with E-state index in [1.54, 1.807) is 11.8 Å². The second-order valence-corrected chi connectivity index (χ2v) is 5.02. The molecule has 0 radical (unpaired) electrons. The maximum atomic E-state index is 12.1. The van der Waals surface area contributed by atoms with E-state index in [0.717, 1.165) is 25.9 Å².